The number of benzene rings is 1. The van der Waals surface area contributed by atoms with E-state index in [-0.39, 0.29) is 28.9 Å². The molecule has 146 valence electrons. The molecule has 0 fully saturated rings. The van der Waals surface area contributed by atoms with Gasteiger partial charge in [0.25, 0.3) is 0 Å². The maximum absolute atomic E-state index is 12.3. The normalized spacial score (nSPS) is 11.3. The van der Waals surface area contributed by atoms with E-state index in [1.54, 1.807) is 25.1 Å². The van der Waals surface area contributed by atoms with E-state index in [1.165, 1.54) is 45.1 Å². The average molecular weight is 404 g/mol. The number of carbonyl (C=O) groups is 2. The quantitative estimate of drug-likeness (QED) is 0.489. The highest BCUT2D eigenvalue weighted by Crippen LogP contribution is 2.28. The number of amides is 1. The van der Waals surface area contributed by atoms with Gasteiger partial charge in [-0.25, -0.2) is 12.7 Å². The molecule has 1 aromatic carbocycles. The van der Waals surface area contributed by atoms with Gasteiger partial charge in [0.05, 0.1) is 35.6 Å². The number of thioether (sulfide) groups is 1. The molecule has 0 aliphatic rings. The first-order valence-corrected chi connectivity index (χ1v) is 10.4. The van der Waals surface area contributed by atoms with Crippen LogP contribution < -0.4 is 10.2 Å². The lowest BCUT2D eigenvalue weighted by atomic mass is 10.2. The Balaban J connectivity index is 2.89. The van der Waals surface area contributed by atoms with E-state index < -0.39 is 10.0 Å². The number of hydrogen-bond acceptors (Lipinski definition) is 7. The first-order chi connectivity index (χ1) is 12.1. The van der Waals surface area contributed by atoms with Crippen molar-refractivity contribution in [1.82, 2.24) is 4.31 Å². The number of nitrogens with zero attached hydrogens (tertiary/aromatic N) is 2. The maximum atomic E-state index is 12.3. The summed E-state index contributed by atoms with van der Waals surface area (Å²) < 4.78 is 30.3. The van der Waals surface area contributed by atoms with Gasteiger partial charge in [-0.3, -0.25) is 9.59 Å². The molecule has 0 atom stereocenters. The number of methoxy groups -OCH3 is 1. The number of esters is 1. The highest BCUT2D eigenvalue weighted by Gasteiger charge is 2.20. The van der Waals surface area contributed by atoms with Crippen molar-refractivity contribution >= 4 is 45.0 Å². The van der Waals surface area contributed by atoms with Crippen molar-refractivity contribution in [2.24, 2.45) is 0 Å². The van der Waals surface area contributed by atoms with E-state index >= 15 is 0 Å². The van der Waals surface area contributed by atoms with E-state index in [1.807, 2.05) is 0 Å². The van der Waals surface area contributed by atoms with Gasteiger partial charge in [-0.05, 0) is 18.2 Å². The largest absolute Gasteiger partial charge is 0.469 e. The fraction of sp³-hybridized carbons (Fsp3) is 0.500. The van der Waals surface area contributed by atoms with Crippen molar-refractivity contribution in [3.63, 3.8) is 0 Å². The van der Waals surface area contributed by atoms with Crippen LogP contribution in [0.15, 0.2) is 23.1 Å². The molecule has 0 aliphatic heterocycles. The Bertz CT molecular complexity index is 748. The van der Waals surface area contributed by atoms with E-state index in [4.69, 9.17) is 0 Å². The fourth-order valence-electron chi connectivity index (χ4n) is 1.99. The second-order valence-corrected chi connectivity index (χ2v) is 9.04. The molecule has 0 heterocycles. The van der Waals surface area contributed by atoms with Crippen molar-refractivity contribution in [1.29, 1.82) is 0 Å². The van der Waals surface area contributed by atoms with Gasteiger partial charge < -0.3 is 15.0 Å². The highest BCUT2D eigenvalue weighted by molar-refractivity contribution is 7.99. The van der Waals surface area contributed by atoms with Crippen LogP contribution in [0.2, 0.25) is 0 Å². The zero-order valence-electron chi connectivity index (χ0n) is 15.6. The minimum atomic E-state index is -3.60. The minimum Gasteiger partial charge on any atom is -0.469 e. The van der Waals surface area contributed by atoms with Gasteiger partial charge in [0.1, 0.15) is 0 Å². The topological polar surface area (TPSA) is 96.0 Å². The third-order valence-corrected chi connectivity index (χ3v) is 6.18. The standard InChI is InChI=1S/C16H25N3O5S2/c1-18(2)14-7-6-12(26(22,23)19(3)4)10-13(14)17-15(20)11-25-9-8-16(21)24-5/h6-7,10H,8-9,11H2,1-5H3,(H,17,20). The smallest absolute Gasteiger partial charge is 0.306 e. The third kappa shape index (κ3) is 6.19. The number of hydrogen-bond donors (Lipinski definition) is 1. The first-order valence-electron chi connectivity index (χ1n) is 7.78. The van der Waals surface area contributed by atoms with Crippen LogP contribution in [0.1, 0.15) is 6.42 Å². The van der Waals surface area contributed by atoms with Gasteiger partial charge in [-0.2, -0.15) is 11.8 Å². The van der Waals surface area contributed by atoms with E-state index in [2.05, 4.69) is 10.1 Å². The monoisotopic (exact) mass is 403 g/mol. The lowest BCUT2D eigenvalue weighted by molar-refractivity contribution is -0.140. The second kappa shape index (κ2) is 9.79. The maximum Gasteiger partial charge on any atom is 0.306 e. The zero-order chi connectivity index (χ0) is 19.9. The van der Waals surface area contributed by atoms with Crippen LogP contribution in [-0.2, 0) is 24.3 Å². The fourth-order valence-corrected chi connectivity index (χ4v) is 3.63. The van der Waals surface area contributed by atoms with Crippen molar-refractivity contribution in [2.45, 2.75) is 11.3 Å². The summed E-state index contributed by atoms with van der Waals surface area (Å²) in [7, 11) is 4.22. The molecule has 0 spiro atoms. The SMILES string of the molecule is COC(=O)CCSCC(=O)Nc1cc(S(=O)(=O)N(C)C)ccc1N(C)C. The average Bonchev–Trinajstić information content (AvgIpc) is 2.57. The number of sulfonamides is 1. The summed E-state index contributed by atoms with van der Waals surface area (Å²) >= 11 is 1.30. The summed E-state index contributed by atoms with van der Waals surface area (Å²) in [6, 6.07) is 4.60. The van der Waals surface area contributed by atoms with Crippen LogP contribution in [-0.4, -0.2) is 71.4 Å². The number of ether oxygens (including phenoxy) is 1. The van der Waals surface area contributed by atoms with Crippen LogP contribution in [0, 0.1) is 0 Å². The van der Waals surface area contributed by atoms with Crippen LogP contribution >= 0.6 is 11.8 Å². The Morgan fingerprint density at radius 1 is 1.19 bits per heavy atom. The van der Waals surface area contributed by atoms with Gasteiger partial charge in [0.15, 0.2) is 0 Å². The van der Waals surface area contributed by atoms with Crippen molar-refractivity contribution in [3.8, 4) is 0 Å². The lowest BCUT2D eigenvalue weighted by Gasteiger charge is -2.20. The summed E-state index contributed by atoms with van der Waals surface area (Å²) in [4.78, 5) is 25.1. The summed E-state index contributed by atoms with van der Waals surface area (Å²) in [5.41, 5.74) is 1.10. The van der Waals surface area contributed by atoms with Crippen LogP contribution in [0.4, 0.5) is 11.4 Å². The molecule has 0 saturated heterocycles. The predicted molar refractivity (Wildman–Crippen MR) is 104 cm³/mol. The van der Waals surface area contributed by atoms with E-state index in [0.717, 1.165) is 4.31 Å². The molecule has 0 bridgehead atoms. The molecule has 1 amide bonds. The van der Waals surface area contributed by atoms with Gasteiger partial charge in [0, 0.05) is 33.9 Å². The molecule has 1 rings (SSSR count). The molecular weight excluding hydrogens is 378 g/mol. The van der Waals surface area contributed by atoms with Gasteiger partial charge in [-0.15, -0.1) is 0 Å². The molecule has 8 nitrogen and oxygen atoms in total. The Kier molecular flexibility index (Phi) is 8.38. The summed E-state index contributed by atoms with van der Waals surface area (Å²) in [6.45, 7) is 0. The highest BCUT2D eigenvalue weighted by atomic mass is 32.2. The lowest BCUT2D eigenvalue weighted by Crippen LogP contribution is -2.23. The predicted octanol–water partition coefficient (Wildman–Crippen LogP) is 1.24. The Morgan fingerprint density at radius 2 is 1.85 bits per heavy atom. The van der Waals surface area contributed by atoms with Crippen molar-refractivity contribution in [3.05, 3.63) is 18.2 Å². The van der Waals surface area contributed by atoms with Gasteiger partial charge >= 0.3 is 5.97 Å². The van der Waals surface area contributed by atoms with Crippen LogP contribution in [0.25, 0.3) is 0 Å². The van der Waals surface area contributed by atoms with Crippen molar-refractivity contribution in [2.75, 3.05) is 57.0 Å². The minimum absolute atomic E-state index is 0.0988. The molecule has 0 aromatic heterocycles. The number of anilines is 2. The molecule has 10 heteroatoms. The summed E-state index contributed by atoms with van der Waals surface area (Å²) in [5, 5.41) is 2.74. The third-order valence-electron chi connectivity index (χ3n) is 3.41. The van der Waals surface area contributed by atoms with E-state index in [9.17, 15) is 18.0 Å². The molecule has 0 radical (unpaired) electrons. The summed E-state index contributed by atoms with van der Waals surface area (Å²) in [5.74, 6) is 0.0151. The molecule has 1 N–H and O–H groups in total. The van der Waals surface area contributed by atoms with Gasteiger partial charge in [-0.1, -0.05) is 0 Å². The molecule has 1 aromatic rings. The first kappa shape index (κ1) is 22.3. The number of nitrogens with one attached hydrogen (secondary N) is 1. The van der Waals surface area contributed by atoms with E-state index in [0.29, 0.717) is 17.1 Å². The second-order valence-electron chi connectivity index (χ2n) is 5.79. The molecule has 0 aliphatic carbocycles. The number of carbonyl (C=O) groups excluding carboxylic acids is 2. The Morgan fingerprint density at radius 3 is 2.38 bits per heavy atom. The number of rotatable bonds is 9. The van der Waals surface area contributed by atoms with Crippen LogP contribution in [0.3, 0.4) is 0 Å². The molecular formula is C16H25N3O5S2. The zero-order valence-corrected chi connectivity index (χ0v) is 17.2. The molecule has 0 unspecified atom stereocenters. The van der Waals surface area contributed by atoms with Gasteiger partial charge in [0.2, 0.25) is 15.9 Å². The van der Waals surface area contributed by atoms with Crippen molar-refractivity contribution < 1.29 is 22.7 Å². The Labute approximate surface area is 158 Å². The van der Waals surface area contributed by atoms with Crippen LogP contribution in [0.5, 0.6) is 0 Å². The Hall–Kier alpha value is -1.78. The molecule has 26 heavy (non-hydrogen) atoms. The summed E-state index contributed by atoms with van der Waals surface area (Å²) in [6.07, 6.45) is 0.230. The molecule has 0 saturated carbocycles.